The summed E-state index contributed by atoms with van der Waals surface area (Å²) in [5.41, 5.74) is 4.04. The van der Waals surface area contributed by atoms with E-state index in [1.165, 1.54) is 0 Å². The molecule has 2 heterocycles. The number of H-pyrrole nitrogens is 1. The zero-order valence-electron chi connectivity index (χ0n) is 12.6. The average Bonchev–Trinajstić information content (AvgIpc) is 3.13. The summed E-state index contributed by atoms with van der Waals surface area (Å²) in [5.74, 6) is -0.324. The van der Waals surface area contributed by atoms with E-state index < -0.39 is 5.97 Å². The Balaban J connectivity index is 1.93. The van der Waals surface area contributed by atoms with Crippen LogP contribution in [0.5, 0.6) is 0 Å². The molecule has 8 heteroatoms. The van der Waals surface area contributed by atoms with Crippen molar-refractivity contribution in [2.24, 2.45) is 7.05 Å². The maximum absolute atomic E-state index is 10.6. The third-order valence-electron chi connectivity index (χ3n) is 3.27. The number of rotatable bonds is 5. The lowest BCUT2D eigenvalue weighted by Gasteiger charge is -2.06. The van der Waals surface area contributed by atoms with Crippen molar-refractivity contribution >= 4 is 17.7 Å². The molecule has 0 atom stereocenters. The van der Waals surface area contributed by atoms with Gasteiger partial charge in [-0.25, -0.2) is 0 Å². The van der Waals surface area contributed by atoms with Gasteiger partial charge in [-0.05, 0) is 36.8 Å². The summed E-state index contributed by atoms with van der Waals surface area (Å²) < 4.78 is 1.81. The second-order valence-corrected chi connectivity index (χ2v) is 6.05. The van der Waals surface area contributed by atoms with E-state index in [0.29, 0.717) is 11.0 Å². The lowest BCUT2D eigenvalue weighted by Crippen LogP contribution is -1.97. The molecule has 0 aliphatic heterocycles. The number of carbonyl (C=O) groups is 1. The second kappa shape index (κ2) is 6.25. The fourth-order valence-corrected chi connectivity index (χ4v) is 2.82. The molecule has 2 N–H and O–H groups in total. The van der Waals surface area contributed by atoms with Crippen molar-refractivity contribution in [2.45, 2.75) is 12.1 Å². The van der Waals surface area contributed by atoms with Gasteiger partial charge in [0, 0.05) is 24.4 Å². The normalized spacial score (nSPS) is 10.9. The SMILES string of the molecule is Cc1cc(-c2nnc(SCC(=O)O)[nH]2)cc(-c2ccnn2C)c1. The van der Waals surface area contributed by atoms with E-state index in [1.807, 2.05) is 36.9 Å². The molecule has 7 nitrogen and oxygen atoms in total. The number of hydrogen-bond acceptors (Lipinski definition) is 5. The van der Waals surface area contributed by atoms with Crippen LogP contribution < -0.4 is 0 Å². The van der Waals surface area contributed by atoms with Crippen molar-refractivity contribution in [1.82, 2.24) is 25.0 Å². The standard InChI is InChI=1S/C15H15N5O2S/c1-9-5-10(12-3-4-16-20(12)2)7-11(6-9)14-17-15(19-18-14)23-8-13(21)22/h3-7H,8H2,1-2H3,(H,21,22)(H,17,18,19). The van der Waals surface area contributed by atoms with Gasteiger partial charge in [-0.3, -0.25) is 9.48 Å². The van der Waals surface area contributed by atoms with E-state index in [9.17, 15) is 4.79 Å². The highest BCUT2D eigenvalue weighted by molar-refractivity contribution is 7.99. The van der Waals surface area contributed by atoms with Crippen LogP contribution in [-0.4, -0.2) is 41.8 Å². The summed E-state index contributed by atoms with van der Waals surface area (Å²) in [4.78, 5) is 13.7. The summed E-state index contributed by atoms with van der Waals surface area (Å²) in [6, 6.07) is 8.05. The summed E-state index contributed by atoms with van der Waals surface area (Å²) in [6.07, 6.45) is 1.76. The fourth-order valence-electron chi connectivity index (χ4n) is 2.30. The average molecular weight is 329 g/mol. The van der Waals surface area contributed by atoms with E-state index >= 15 is 0 Å². The predicted octanol–water partition coefficient (Wildman–Crippen LogP) is 2.36. The van der Waals surface area contributed by atoms with Gasteiger partial charge in [0.25, 0.3) is 0 Å². The maximum atomic E-state index is 10.6. The first-order valence-corrected chi connectivity index (χ1v) is 7.89. The Morgan fingerprint density at radius 2 is 2.09 bits per heavy atom. The first-order chi connectivity index (χ1) is 11.0. The molecule has 0 fully saturated rings. The van der Waals surface area contributed by atoms with Crippen molar-refractivity contribution in [2.75, 3.05) is 5.75 Å². The predicted molar refractivity (Wildman–Crippen MR) is 87.1 cm³/mol. The number of aromatic amines is 1. The summed E-state index contributed by atoms with van der Waals surface area (Å²) in [6.45, 7) is 2.01. The maximum Gasteiger partial charge on any atom is 0.313 e. The lowest BCUT2D eigenvalue weighted by atomic mass is 10.0. The minimum Gasteiger partial charge on any atom is -0.481 e. The number of thioether (sulfide) groups is 1. The van der Waals surface area contributed by atoms with Gasteiger partial charge < -0.3 is 10.1 Å². The molecule has 0 aliphatic carbocycles. The molecule has 0 radical (unpaired) electrons. The lowest BCUT2D eigenvalue weighted by molar-refractivity contribution is -0.133. The zero-order valence-corrected chi connectivity index (χ0v) is 13.5. The molecular weight excluding hydrogens is 314 g/mol. The van der Waals surface area contributed by atoms with Crippen molar-refractivity contribution < 1.29 is 9.90 Å². The van der Waals surface area contributed by atoms with Gasteiger partial charge in [0.15, 0.2) is 11.0 Å². The van der Waals surface area contributed by atoms with Crippen molar-refractivity contribution in [3.63, 3.8) is 0 Å². The molecule has 1 aromatic carbocycles. The van der Waals surface area contributed by atoms with Gasteiger partial charge in [0.1, 0.15) is 0 Å². The number of carboxylic acids is 1. The highest BCUT2D eigenvalue weighted by atomic mass is 32.2. The summed E-state index contributed by atoms with van der Waals surface area (Å²) in [5, 5.41) is 21.5. The first kappa shape index (κ1) is 15.3. The first-order valence-electron chi connectivity index (χ1n) is 6.90. The Morgan fingerprint density at radius 3 is 2.78 bits per heavy atom. The largest absolute Gasteiger partial charge is 0.481 e. The Labute approximate surface area is 136 Å². The summed E-state index contributed by atoms with van der Waals surface area (Å²) in [7, 11) is 1.90. The Morgan fingerprint density at radius 1 is 1.30 bits per heavy atom. The van der Waals surface area contributed by atoms with Crippen molar-refractivity contribution in [1.29, 1.82) is 0 Å². The van der Waals surface area contributed by atoms with Crippen LogP contribution in [0.2, 0.25) is 0 Å². The van der Waals surface area contributed by atoms with E-state index in [1.54, 1.807) is 6.20 Å². The minimum absolute atomic E-state index is 0.0529. The monoisotopic (exact) mass is 329 g/mol. The highest BCUT2D eigenvalue weighted by Gasteiger charge is 2.11. The Bertz CT molecular complexity index is 855. The summed E-state index contributed by atoms with van der Waals surface area (Å²) >= 11 is 1.11. The minimum atomic E-state index is -0.887. The molecule has 3 aromatic rings. The van der Waals surface area contributed by atoms with Crippen LogP contribution in [0.3, 0.4) is 0 Å². The number of aliphatic carboxylic acids is 1. The van der Waals surface area contributed by atoms with Crippen LogP contribution >= 0.6 is 11.8 Å². The molecule has 0 saturated heterocycles. The number of aromatic nitrogens is 5. The van der Waals surface area contributed by atoms with E-state index in [2.05, 4.69) is 26.3 Å². The molecular formula is C15H15N5O2S. The van der Waals surface area contributed by atoms with Crippen LogP contribution in [0.1, 0.15) is 5.56 Å². The van der Waals surface area contributed by atoms with Gasteiger partial charge in [-0.2, -0.15) is 5.10 Å². The number of aryl methyl sites for hydroxylation is 2. The van der Waals surface area contributed by atoms with E-state index in [0.717, 1.165) is 34.1 Å². The molecule has 23 heavy (non-hydrogen) atoms. The molecule has 0 aliphatic rings. The molecule has 2 aromatic heterocycles. The van der Waals surface area contributed by atoms with Gasteiger partial charge in [-0.15, -0.1) is 10.2 Å². The molecule has 0 spiro atoms. The van der Waals surface area contributed by atoms with Crippen molar-refractivity contribution in [3.8, 4) is 22.6 Å². The molecule has 3 rings (SSSR count). The molecule has 0 bridgehead atoms. The van der Waals surface area contributed by atoms with Crippen LogP contribution in [0.15, 0.2) is 35.6 Å². The van der Waals surface area contributed by atoms with Crippen LogP contribution in [0.25, 0.3) is 22.6 Å². The van der Waals surface area contributed by atoms with Gasteiger partial charge in [0.2, 0.25) is 0 Å². The number of hydrogen-bond donors (Lipinski definition) is 2. The third-order valence-corrected chi connectivity index (χ3v) is 4.11. The van der Waals surface area contributed by atoms with Crippen LogP contribution in [0.4, 0.5) is 0 Å². The Kier molecular flexibility index (Phi) is 4.16. The molecule has 118 valence electrons. The van der Waals surface area contributed by atoms with Crippen LogP contribution in [-0.2, 0) is 11.8 Å². The number of benzene rings is 1. The Hall–Kier alpha value is -2.61. The molecule has 0 amide bonds. The number of carboxylic acid groups (broad SMARTS) is 1. The van der Waals surface area contributed by atoms with Crippen LogP contribution in [0, 0.1) is 6.92 Å². The third kappa shape index (κ3) is 3.42. The van der Waals surface area contributed by atoms with E-state index in [-0.39, 0.29) is 5.75 Å². The molecule has 0 saturated carbocycles. The van der Waals surface area contributed by atoms with Gasteiger partial charge in [-0.1, -0.05) is 11.8 Å². The highest BCUT2D eigenvalue weighted by Crippen LogP contribution is 2.27. The second-order valence-electron chi connectivity index (χ2n) is 5.09. The fraction of sp³-hybridized carbons (Fsp3) is 0.200. The van der Waals surface area contributed by atoms with E-state index in [4.69, 9.17) is 5.11 Å². The zero-order chi connectivity index (χ0) is 16.4. The number of nitrogens with one attached hydrogen (secondary N) is 1. The van der Waals surface area contributed by atoms with Gasteiger partial charge in [0.05, 0.1) is 11.4 Å². The number of nitrogens with zero attached hydrogens (tertiary/aromatic N) is 4. The topological polar surface area (TPSA) is 96.7 Å². The smallest absolute Gasteiger partial charge is 0.313 e. The van der Waals surface area contributed by atoms with Gasteiger partial charge >= 0.3 is 5.97 Å². The quantitative estimate of drug-likeness (QED) is 0.698. The van der Waals surface area contributed by atoms with Crippen molar-refractivity contribution in [3.05, 3.63) is 36.0 Å². The molecule has 0 unspecified atom stereocenters.